The maximum absolute atomic E-state index is 12.9. The Labute approximate surface area is 174 Å². The molecule has 3 rings (SSSR count). The second-order valence-corrected chi connectivity index (χ2v) is 7.35. The van der Waals surface area contributed by atoms with Crippen LogP contribution in [0.3, 0.4) is 0 Å². The minimum Gasteiger partial charge on any atom is -0.465 e. The number of hydrogen-bond acceptors (Lipinski definition) is 5. The predicted octanol–water partition coefficient (Wildman–Crippen LogP) is 3.82. The fraction of sp³-hybridized carbons (Fsp3) is 0.105. The summed E-state index contributed by atoms with van der Waals surface area (Å²) < 4.78 is 5.77. The lowest BCUT2D eigenvalue weighted by atomic mass is 10.1. The Morgan fingerprint density at radius 2 is 1.85 bits per heavy atom. The summed E-state index contributed by atoms with van der Waals surface area (Å²) in [6.07, 6.45) is 0. The molecular weight excluding hydrogens is 483 g/mol. The zero-order chi connectivity index (χ0) is 19.7. The molecule has 0 fully saturated rings. The topological polar surface area (TPSA) is 75.7 Å². The van der Waals surface area contributed by atoms with Crippen molar-refractivity contribution in [2.45, 2.75) is 6.92 Å². The van der Waals surface area contributed by atoms with E-state index in [1.807, 2.05) is 19.1 Å². The van der Waals surface area contributed by atoms with Gasteiger partial charge in [0.25, 0.3) is 11.8 Å². The molecule has 1 N–H and O–H groups in total. The van der Waals surface area contributed by atoms with Crippen molar-refractivity contribution in [1.82, 2.24) is 0 Å². The monoisotopic (exact) mass is 496 g/mol. The summed E-state index contributed by atoms with van der Waals surface area (Å²) in [7, 11) is 1.23. The maximum atomic E-state index is 12.9. The summed E-state index contributed by atoms with van der Waals surface area (Å²) in [5.74, 6) is -2.00. The van der Waals surface area contributed by atoms with Gasteiger partial charge in [-0.3, -0.25) is 9.59 Å². The molecule has 0 aliphatic carbocycles. The number of halogens is 2. The second kappa shape index (κ2) is 7.69. The van der Waals surface area contributed by atoms with Crippen molar-refractivity contribution in [3.8, 4) is 0 Å². The number of rotatable bonds is 4. The molecule has 138 valence electrons. The Kier molecular flexibility index (Phi) is 5.52. The lowest BCUT2D eigenvalue weighted by Crippen LogP contribution is -2.33. The Hall–Kier alpha value is -2.39. The first kappa shape index (κ1) is 19.4. The lowest BCUT2D eigenvalue weighted by Gasteiger charge is -2.18. The van der Waals surface area contributed by atoms with E-state index in [1.54, 1.807) is 18.2 Å². The van der Waals surface area contributed by atoms with Gasteiger partial charge in [0, 0.05) is 9.26 Å². The molecule has 0 atom stereocenters. The summed E-state index contributed by atoms with van der Waals surface area (Å²) in [6, 6.07) is 11.8. The second-order valence-electron chi connectivity index (χ2n) is 5.73. The van der Waals surface area contributed by atoms with Gasteiger partial charge in [-0.25, -0.2) is 9.69 Å². The molecule has 0 spiro atoms. The molecule has 2 amide bonds. The number of anilines is 2. The van der Waals surface area contributed by atoms with Crippen molar-refractivity contribution >= 4 is 63.4 Å². The van der Waals surface area contributed by atoms with Crippen LogP contribution in [0, 0.1) is 10.5 Å². The highest BCUT2D eigenvalue weighted by Gasteiger charge is 2.40. The van der Waals surface area contributed by atoms with Crippen LogP contribution >= 0.6 is 34.2 Å². The van der Waals surface area contributed by atoms with E-state index in [1.165, 1.54) is 19.2 Å². The van der Waals surface area contributed by atoms with Crippen LogP contribution in [-0.2, 0) is 14.3 Å². The molecule has 0 unspecified atom stereocenters. The third-order valence-electron chi connectivity index (χ3n) is 4.03. The highest BCUT2D eigenvalue weighted by Crippen LogP contribution is 2.33. The molecular formula is C19H14ClIN2O4. The predicted molar refractivity (Wildman–Crippen MR) is 111 cm³/mol. The molecule has 0 bridgehead atoms. The van der Waals surface area contributed by atoms with E-state index in [9.17, 15) is 14.4 Å². The van der Waals surface area contributed by atoms with Gasteiger partial charge in [-0.05, 0) is 65.4 Å². The van der Waals surface area contributed by atoms with E-state index in [-0.39, 0.29) is 22.0 Å². The van der Waals surface area contributed by atoms with Gasteiger partial charge >= 0.3 is 5.97 Å². The molecule has 0 radical (unpaired) electrons. The molecule has 2 aromatic carbocycles. The van der Waals surface area contributed by atoms with Gasteiger partial charge in [-0.2, -0.15) is 0 Å². The number of hydrogen-bond donors (Lipinski definition) is 1. The third-order valence-corrected chi connectivity index (χ3v) is 5.05. The third kappa shape index (κ3) is 3.57. The fourth-order valence-corrected chi connectivity index (χ4v) is 3.54. The molecule has 8 heteroatoms. The highest BCUT2D eigenvalue weighted by molar-refractivity contribution is 14.1. The quantitative estimate of drug-likeness (QED) is 0.396. The molecule has 6 nitrogen and oxygen atoms in total. The molecule has 0 saturated carbocycles. The number of esters is 1. The number of carbonyl (C=O) groups is 3. The van der Waals surface area contributed by atoms with E-state index in [0.717, 1.165) is 14.0 Å². The SMILES string of the molecule is COC(=O)c1ccccc1N1C(=O)C(Cl)=C(Nc2ccc(I)cc2C)C1=O. The van der Waals surface area contributed by atoms with Crippen LogP contribution in [0.15, 0.2) is 53.2 Å². The van der Waals surface area contributed by atoms with E-state index < -0.39 is 17.8 Å². The van der Waals surface area contributed by atoms with Gasteiger partial charge < -0.3 is 10.1 Å². The lowest BCUT2D eigenvalue weighted by molar-refractivity contribution is -0.120. The minimum absolute atomic E-state index is 0.0364. The molecule has 1 aliphatic rings. The van der Waals surface area contributed by atoms with Crippen LogP contribution in [-0.4, -0.2) is 24.9 Å². The van der Waals surface area contributed by atoms with Crippen LogP contribution < -0.4 is 10.2 Å². The zero-order valence-electron chi connectivity index (χ0n) is 14.4. The fourth-order valence-electron chi connectivity index (χ4n) is 2.68. The van der Waals surface area contributed by atoms with Crippen LogP contribution in [0.5, 0.6) is 0 Å². The average molecular weight is 497 g/mol. The zero-order valence-corrected chi connectivity index (χ0v) is 17.3. The van der Waals surface area contributed by atoms with E-state index in [4.69, 9.17) is 16.3 Å². The highest BCUT2D eigenvalue weighted by atomic mass is 127. The molecule has 1 heterocycles. The van der Waals surface area contributed by atoms with Crippen molar-refractivity contribution in [2.75, 3.05) is 17.3 Å². The normalized spacial score (nSPS) is 14.0. The summed E-state index contributed by atoms with van der Waals surface area (Å²) >= 11 is 8.34. The van der Waals surface area contributed by atoms with Crippen LogP contribution in [0.25, 0.3) is 0 Å². The van der Waals surface area contributed by atoms with Crippen LogP contribution in [0.1, 0.15) is 15.9 Å². The van der Waals surface area contributed by atoms with Gasteiger partial charge in [-0.15, -0.1) is 0 Å². The number of benzene rings is 2. The molecule has 0 saturated heterocycles. The molecule has 27 heavy (non-hydrogen) atoms. The number of aryl methyl sites for hydroxylation is 1. The first-order valence-corrected chi connectivity index (χ1v) is 9.30. The van der Waals surface area contributed by atoms with Crippen molar-refractivity contribution in [3.63, 3.8) is 0 Å². The maximum Gasteiger partial charge on any atom is 0.339 e. The first-order chi connectivity index (χ1) is 12.8. The van der Waals surface area contributed by atoms with Gasteiger partial charge in [0.15, 0.2) is 0 Å². The van der Waals surface area contributed by atoms with Crippen molar-refractivity contribution in [1.29, 1.82) is 0 Å². The smallest absolute Gasteiger partial charge is 0.339 e. The summed E-state index contributed by atoms with van der Waals surface area (Å²) in [4.78, 5) is 38.4. The number of nitrogens with zero attached hydrogens (tertiary/aromatic N) is 1. The number of nitrogens with one attached hydrogen (secondary N) is 1. The van der Waals surface area contributed by atoms with E-state index >= 15 is 0 Å². The number of imide groups is 1. The molecule has 0 aromatic heterocycles. The Balaban J connectivity index is 1.99. The van der Waals surface area contributed by atoms with E-state index in [2.05, 4.69) is 27.9 Å². The van der Waals surface area contributed by atoms with Crippen molar-refractivity contribution < 1.29 is 19.1 Å². The number of ether oxygens (including phenoxy) is 1. The number of carbonyl (C=O) groups excluding carboxylic acids is 3. The van der Waals surface area contributed by atoms with Crippen LogP contribution in [0.2, 0.25) is 0 Å². The minimum atomic E-state index is -0.705. The Morgan fingerprint density at radius 3 is 2.52 bits per heavy atom. The molecule has 2 aromatic rings. The van der Waals surface area contributed by atoms with Crippen LogP contribution in [0.4, 0.5) is 11.4 Å². The largest absolute Gasteiger partial charge is 0.465 e. The first-order valence-electron chi connectivity index (χ1n) is 7.84. The van der Waals surface area contributed by atoms with Gasteiger partial charge in [-0.1, -0.05) is 23.7 Å². The number of para-hydroxylation sites is 1. The van der Waals surface area contributed by atoms with Crippen molar-refractivity contribution in [2.24, 2.45) is 0 Å². The summed E-state index contributed by atoms with van der Waals surface area (Å²) in [5.41, 5.74) is 1.73. The number of methoxy groups -OCH3 is 1. The average Bonchev–Trinajstić information content (AvgIpc) is 2.86. The van der Waals surface area contributed by atoms with Gasteiger partial charge in [0.2, 0.25) is 0 Å². The summed E-state index contributed by atoms with van der Waals surface area (Å²) in [6.45, 7) is 1.88. The summed E-state index contributed by atoms with van der Waals surface area (Å²) in [5, 5.41) is 2.71. The van der Waals surface area contributed by atoms with Gasteiger partial charge in [0.1, 0.15) is 10.7 Å². The van der Waals surface area contributed by atoms with Gasteiger partial charge in [0.05, 0.1) is 18.4 Å². The van der Waals surface area contributed by atoms with Crippen molar-refractivity contribution in [3.05, 3.63) is 67.9 Å². The molecule has 1 aliphatic heterocycles. The number of amides is 2. The Bertz CT molecular complexity index is 1000. The van der Waals surface area contributed by atoms with E-state index in [0.29, 0.717) is 5.69 Å². The Morgan fingerprint density at radius 1 is 1.15 bits per heavy atom. The standard InChI is InChI=1S/C19H14ClIN2O4/c1-10-9-11(21)7-8-13(10)22-16-15(20)17(24)23(18(16)25)14-6-4-3-5-12(14)19(26)27-2/h3-9,22H,1-2H3.